The molecule has 0 atom stereocenters. The highest BCUT2D eigenvalue weighted by Gasteiger charge is 2.15. The normalized spacial score (nSPS) is 10.9. The molecule has 2 rings (SSSR count). The quantitative estimate of drug-likeness (QED) is 0.869. The van der Waals surface area contributed by atoms with Crippen LogP contribution >= 0.6 is 0 Å². The van der Waals surface area contributed by atoms with E-state index in [1.807, 2.05) is 14.0 Å². The van der Waals surface area contributed by atoms with Crippen LogP contribution in [0.2, 0.25) is 0 Å². The molecule has 0 saturated heterocycles. The van der Waals surface area contributed by atoms with Crippen molar-refractivity contribution in [1.82, 2.24) is 9.55 Å². The van der Waals surface area contributed by atoms with Crippen molar-refractivity contribution in [3.63, 3.8) is 0 Å². The van der Waals surface area contributed by atoms with Gasteiger partial charge in [0.15, 0.2) is 0 Å². The van der Waals surface area contributed by atoms with Crippen molar-refractivity contribution in [3.05, 3.63) is 41.4 Å². The standard InChI is InChI=1S/C12H13F2N3/c1-7-12(16-11(6-15)17(7)2)9-4-3-8(13)5-10(9)14/h3-5H,6,15H2,1-2H3. The Bertz CT molecular complexity index is 561. The molecule has 0 fully saturated rings. The first-order chi connectivity index (χ1) is 8.04. The number of nitrogens with two attached hydrogens (primary N) is 1. The van der Waals surface area contributed by atoms with Gasteiger partial charge in [-0.25, -0.2) is 13.8 Å². The lowest BCUT2D eigenvalue weighted by Crippen LogP contribution is -2.05. The van der Waals surface area contributed by atoms with E-state index in [0.29, 0.717) is 17.1 Å². The first-order valence-corrected chi connectivity index (χ1v) is 5.22. The van der Waals surface area contributed by atoms with Gasteiger partial charge in [0.05, 0.1) is 12.2 Å². The molecule has 1 heterocycles. The van der Waals surface area contributed by atoms with Gasteiger partial charge in [-0.15, -0.1) is 0 Å². The molecule has 0 aliphatic carbocycles. The number of hydrogen-bond acceptors (Lipinski definition) is 2. The first kappa shape index (κ1) is 11.7. The number of imidazole rings is 1. The van der Waals surface area contributed by atoms with Crippen molar-refractivity contribution in [3.8, 4) is 11.3 Å². The van der Waals surface area contributed by atoms with Crippen LogP contribution in [0.15, 0.2) is 18.2 Å². The zero-order chi connectivity index (χ0) is 12.6. The highest BCUT2D eigenvalue weighted by Crippen LogP contribution is 2.26. The van der Waals surface area contributed by atoms with Gasteiger partial charge in [-0.1, -0.05) is 0 Å². The Kier molecular flexibility index (Phi) is 2.93. The summed E-state index contributed by atoms with van der Waals surface area (Å²) in [6.45, 7) is 2.10. The molecule has 0 unspecified atom stereocenters. The van der Waals surface area contributed by atoms with Crippen LogP contribution in [0.4, 0.5) is 8.78 Å². The summed E-state index contributed by atoms with van der Waals surface area (Å²) in [5.74, 6) is -0.546. The van der Waals surface area contributed by atoms with Gasteiger partial charge in [0.2, 0.25) is 0 Å². The summed E-state index contributed by atoms with van der Waals surface area (Å²) < 4.78 is 28.3. The number of rotatable bonds is 2. The van der Waals surface area contributed by atoms with Gasteiger partial charge >= 0.3 is 0 Å². The molecule has 17 heavy (non-hydrogen) atoms. The summed E-state index contributed by atoms with van der Waals surface area (Å²) in [7, 11) is 1.81. The Morgan fingerprint density at radius 3 is 2.59 bits per heavy atom. The Labute approximate surface area is 97.9 Å². The second kappa shape index (κ2) is 4.25. The topological polar surface area (TPSA) is 43.8 Å². The molecule has 5 heteroatoms. The average Bonchev–Trinajstić information content (AvgIpc) is 2.57. The van der Waals surface area contributed by atoms with E-state index < -0.39 is 11.6 Å². The van der Waals surface area contributed by atoms with Crippen molar-refractivity contribution < 1.29 is 8.78 Å². The Balaban J connectivity index is 2.60. The summed E-state index contributed by atoms with van der Waals surface area (Å²) in [4.78, 5) is 4.26. The fourth-order valence-corrected chi connectivity index (χ4v) is 1.76. The van der Waals surface area contributed by atoms with Crippen molar-refractivity contribution in [2.75, 3.05) is 0 Å². The summed E-state index contributed by atoms with van der Waals surface area (Å²) in [5, 5.41) is 0. The minimum absolute atomic E-state index is 0.278. The predicted molar refractivity (Wildman–Crippen MR) is 61.2 cm³/mol. The SMILES string of the molecule is Cc1c(-c2ccc(F)cc2F)nc(CN)n1C. The van der Waals surface area contributed by atoms with Gasteiger partial charge in [-0.2, -0.15) is 0 Å². The van der Waals surface area contributed by atoms with Crippen molar-refractivity contribution in [2.24, 2.45) is 12.8 Å². The van der Waals surface area contributed by atoms with Crippen LogP contribution < -0.4 is 5.73 Å². The molecule has 1 aromatic carbocycles. The molecule has 0 aliphatic heterocycles. The van der Waals surface area contributed by atoms with Crippen LogP contribution in [0, 0.1) is 18.6 Å². The number of nitrogens with zero attached hydrogens (tertiary/aromatic N) is 2. The second-order valence-corrected chi connectivity index (χ2v) is 3.85. The number of benzene rings is 1. The molecular weight excluding hydrogens is 224 g/mol. The van der Waals surface area contributed by atoms with Crippen LogP contribution in [0.25, 0.3) is 11.3 Å². The Morgan fingerprint density at radius 1 is 1.35 bits per heavy atom. The lowest BCUT2D eigenvalue weighted by molar-refractivity contribution is 0.585. The number of aromatic nitrogens is 2. The largest absolute Gasteiger partial charge is 0.334 e. The smallest absolute Gasteiger partial charge is 0.135 e. The fourth-order valence-electron chi connectivity index (χ4n) is 1.76. The van der Waals surface area contributed by atoms with E-state index in [0.717, 1.165) is 11.8 Å². The zero-order valence-corrected chi connectivity index (χ0v) is 9.67. The molecule has 0 bridgehead atoms. The third-order valence-corrected chi connectivity index (χ3v) is 2.84. The van der Waals surface area contributed by atoms with Gasteiger partial charge in [0.25, 0.3) is 0 Å². The van der Waals surface area contributed by atoms with E-state index >= 15 is 0 Å². The molecule has 0 aliphatic rings. The lowest BCUT2D eigenvalue weighted by atomic mass is 10.1. The van der Waals surface area contributed by atoms with Crippen molar-refractivity contribution >= 4 is 0 Å². The van der Waals surface area contributed by atoms with Gasteiger partial charge in [-0.05, 0) is 19.1 Å². The van der Waals surface area contributed by atoms with E-state index in [-0.39, 0.29) is 6.54 Å². The summed E-state index contributed by atoms with van der Waals surface area (Å²) in [6.07, 6.45) is 0. The van der Waals surface area contributed by atoms with E-state index in [1.54, 1.807) is 4.57 Å². The van der Waals surface area contributed by atoms with Crippen molar-refractivity contribution in [1.29, 1.82) is 0 Å². The predicted octanol–water partition coefficient (Wildman–Crippen LogP) is 2.13. The molecule has 0 radical (unpaired) electrons. The van der Waals surface area contributed by atoms with Crippen LogP contribution in [-0.2, 0) is 13.6 Å². The Morgan fingerprint density at radius 2 is 2.06 bits per heavy atom. The molecule has 0 saturated carbocycles. The molecular formula is C12H13F2N3. The summed E-state index contributed by atoms with van der Waals surface area (Å²) in [5.41, 5.74) is 7.13. The highest BCUT2D eigenvalue weighted by atomic mass is 19.1. The molecule has 2 N–H and O–H groups in total. The Hall–Kier alpha value is -1.75. The zero-order valence-electron chi connectivity index (χ0n) is 9.67. The monoisotopic (exact) mass is 237 g/mol. The third kappa shape index (κ3) is 1.93. The molecule has 1 aromatic heterocycles. The molecule has 90 valence electrons. The second-order valence-electron chi connectivity index (χ2n) is 3.85. The highest BCUT2D eigenvalue weighted by molar-refractivity contribution is 5.63. The van der Waals surface area contributed by atoms with Crippen molar-refractivity contribution in [2.45, 2.75) is 13.5 Å². The molecule has 3 nitrogen and oxygen atoms in total. The molecule has 2 aromatic rings. The maximum Gasteiger partial charge on any atom is 0.135 e. The van der Waals surface area contributed by atoms with E-state index in [4.69, 9.17) is 5.73 Å². The summed E-state index contributed by atoms with van der Waals surface area (Å²) >= 11 is 0. The minimum atomic E-state index is -0.616. The van der Waals surface area contributed by atoms with Crippen LogP contribution in [-0.4, -0.2) is 9.55 Å². The molecule has 0 spiro atoms. The number of halogens is 2. The van der Waals surface area contributed by atoms with Crippen LogP contribution in [0.3, 0.4) is 0 Å². The average molecular weight is 237 g/mol. The lowest BCUT2D eigenvalue weighted by Gasteiger charge is -2.02. The first-order valence-electron chi connectivity index (χ1n) is 5.22. The maximum absolute atomic E-state index is 13.6. The van der Waals surface area contributed by atoms with Gasteiger partial charge in [-0.3, -0.25) is 0 Å². The van der Waals surface area contributed by atoms with Gasteiger partial charge < -0.3 is 10.3 Å². The number of hydrogen-bond donors (Lipinski definition) is 1. The maximum atomic E-state index is 13.6. The molecule has 0 amide bonds. The van der Waals surface area contributed by atoms with E-state index in [9.17, 15) is 8.78 Å². The van der Waals surface area contributed by atoms with Crippen LogP contribution in [0.1, 0.15) is 11.5 Å². The fraction of sp³-hybridized carbons (Fsp3) is 0.250. The minimum Gasteiger partial charge on any atom is -0.334 e. The van der Waals surface area contributed by atoms with Gasteiger partial charge in [0.1, 0.15) is 17.5 Å². The van der Waals surface area contributed by atoms with E-state index in [1.165, 1.54) is 12.1 Å². The summed E-state index contributed by atoms with van der Waals surface area (Å²) in [6, 6.07) is 3.46. The van der Waals surface area contributed by atoms with Crippen LogP contribution in [0.5, 0.6) is 0 Å². The van der Waals surface area contributed by atoms with E-state index in [2.05, 4.69) is 4.98 Å². The van der Waals surface area contributed by atoms with Gasteiger partial charge in [0, 0.05) is 24.4 Å². The third-order valence-electron chi connectivity index (χ3n) is 2.84.